The molecule has 1 atom stereocenters. The van der Waals surface area contributed by atoms with Crippen molar-refractivity contribution in [1.29, 1.82) is 0 Å². The molecule has 1 fully saturated rings. The predicted molar refractivity (Wildman–Crippen MR) is 79.6 cm³/mol. The van der Waals surface area contributed by atoms with Crippen molar-refractivity contribution in [1.82, 2.24) is 0 Å². The highest BCUT2D eigenvalue weighted by molar-refractivity contribution is 5.76. The Bertz CT molecular complexity index is 625. The first-order valence-electron chi connectivity index (χ1n) is 7.31. The molecular weight excluding hydrogens is 264 g/mol. The van der Waals surface area contributed by atoms with Crippen LogP contribution in [0, 0.1) is 11.3 Å². The molecule has 1 heterocycles. The molecule has 2 aromatic rings. The third-order valence-electron chi connectivity index (χ3n) is 4.11. The van der Waals surface area contributed by atoms with Crippen LogP contribution in [-0.2, 0) is 22.6 Å². The van der Waals surface area contributed by atoms with Crippen LogP contribution < -0.4 is 0 Å². The number of carbonyl (C=O) groups excluding carboxylic acids is 1. The van der Waals surface area contributed by atoms with E-state index < -0.39 is 0 Å². The summed E-state index contributed by atoms with van der Waals surface area (Å²) >= 11 is 0. The number of esters is 1. The zero-order valence-corrected chi connectivity index (χ0v) is 12.5. The van der Waals surface area contributed by atoms with E-state index in [9.17, 15) is 4.79 Å². The van der Waals surface area contributed by atoms with Gasteiger partial charge in [-0.3, -0.25) is 4.79 Å². The second-order valence-electron chi connectivity index (χ2n) is 6.44. The van der Waals surface area contributed by atoms with Gasteiger partial charge in [0.2, 0.25) is 0 Å². The van der Waals surface area contributed by atoms with Crippen LogP contribution in [-0.4, -0.2) is 5.97 Å². The van der Waals surface area contributed by atoms with Gasteiger partial charge in [0.15, 0.2) is 0 Å². The molecule has 0 bridgehead atoms. The van der Waals surface area contributed by atoms with Gasteiger partial charge in [-0.05, 0) is 23.5 Å². The van der Waals surface area contributed by atoms with Gasteiger partial charge in [0.25, 0.3) is 0 Å². The minimum Gasteiger partial charge on any atom is -0.469 e. The van der Waals surface area contributed by atoms with Gasteiger partial charge in [0.05, 0.1) is 12.2 Å². The van der Waals surface area contributed by atoms with Crippen molar-refractivity contribution in [3.05, 3.63) is 59.5 Å². The fourth-order valence-corrected chi connectivity index (χ4v) is 2.52. The highest BCUT2D eigenvalue weighted by atomic mass is 16.5. The lowest BCUT2D eigenvalue weighted by Crippen LogP contribution is -2.10. The first-order chi connectivity index (χ1) is 10.0. The number of benzene rings is 1. The van der Waals surface area contributed by atoms with E-state index >= 15 is 0 Å². The largest absolute Gasteiger partial charge is 0.469 e. The second kappa shape index (κ2) is 5.40. The number of furan rings is 1. The van der Waals surface area contributed by atoms with E-state index in [-0.39, 0.29) is 17.3 Å². The molecule has 1 aliphatic rings. The van der Waals surface area contributed by atoms with Crippen molar-refractivity contribution < 1.29 is 13.9 Å². The molecule has 1 aromatic carbocycles. The van der Waals surface area contributed by atoms with E-state index in [0.717, 1.165) is 24.2 Å². The number of ether oxygens (including phenoxy) is 1. The average molecular weight is 284 g/mol. The van der Waals surface area contributed by atoms with Crippen LogP contribution in [0.4, 0.5) is 0 Å². The molecule has 3 heteroatoms. The SMILES string of the molecule is CC1(C)CC1C(=O)OCc1coc(Cc2ccccc2)c1. The molecule has 0 amide bonds. The zero-order valence-electron chi connectivity index (χ0n) is 12.5. The third kappa shape index (κ3) is 3.35. The van der Waals surface area contributed by atoms with Gasteiger partial charge in [0.1, 0.15) is 12.4 Å². The lowest BCUT2D eigenvalue weighted by atomic mass is 10.1. The summed E-state index contributed by atoms with van der Waals surface area (Å²) in [6, 6.07) is 12.1. The summed E-state index contributed by atoms with van der Waals surface area (Å²) in [5.74, 6) is 0.859. The van der Waals surface area contributed by atoms with Crippen LogP contribution in [0.5, 0.6) is 0 Å². The summed E-state index contributed by atoms with van der Waals surface area (Å²) in [6.07, 6.45) is 3.35. The molecule has 1 aromatic heterocycles. The minimum atomic E-state index is -0.0918. The molecule has 21 heavy (non-hydrogen) atoms. The molecule has 0 aliphatic heterocycles. The maximum absolute atomic E-state index is 11.8. The molecule has 1 aliphatic carbocycles. The molecule has 3 rings (SSSR count). The Kier molecular flexibility index (Phi) is 3.58. The maximum Gasteiger partial charge on any atom is 0.309 e. The van der Waals surface area contributed by atoms with Crippen molar-refractivity contribution in [3.63, 3.8) is 0 Å². The van der Waals surface area contributed by atoms with Gasteiger partial charge in [-0.2, -0.15) is 0 Å². The summed E-state index contributed by atoms with van der Waals surface area (Å²) in [5.41, 5.74) is 2.23. The van der Waals surface area contributed by atoms with Crippen LogP contribution in [0.25, 0.3) is 0 Å². The second-order valence-corrected chi connectivity index (χ2v) is 6.44. The Morgan fingerprint density at radius 1 is 1.29 bits per heavy atom. The Balaban J connectivity index is 1.52. The first-order valence-corrected chi connectivity index (χ1v) is 7.31. The summed E-state index contributed by atoms with van der Waals surface area (Å²) in [4.78, 5) is 11.8. The van der Waals surface area contributed by atoms with Crippen LogP contribution in [0.1, 0.15) is 37.2 Å². The molecule has 0 radical (unpaired) electrons. The van der Waals surface area contributed by atoms with E-state index in [2.05, 4.69) is 26.0 Å². The van der Waals surface area contributed by atoms with Crippen molar-refractivity contribution >= 4 is 5.97 Å². The van der Waals surface area contributed by atoms with Gasteiger partial charge in [-0.1, -0.05) is 44.2 Å². The van der Waals surface area contributed by atoms with Crippen molar-refractivity contribution in [3.8, 4) is 0 Å². The maximum atomic E-state index is 11.8. The van der Waals surface area contributed by atoms with Crippen LogP contribution >= 0.6 is 0 Å². The zero-order chi connectivity index (χ0) is 14.9. The highest BCUT2D eigenvalue weighted by Gasteiger charge is 2.51. The summed E-state index contributed by atoms with van der Waals surface area (Å²) in [5, 5.41) is 0. The van der Waals surface area contributed by atoms with E-state index in [0.29, 0.717) is 6.61 Å². The van der Waals surface area contributed by atoms with Crippen LogP contribution in [0.3, 0.4) is 0 Å². The highest BCUT2D eigenvalue weighted by Crippen LogP contribution is 2.52. The Hall–Kier alpha value is -2.03. The molecule has 110 valence electrons. The van der Waals surface area contributed by atoms with Gasteiger partial charge in [0, 0.05) is 12.0 Å². The smallest absolute Gasteiger partial charge is 0.309 e. The van der Waals surface area contributed by atoms with Crippen molar-refractivity contribution in [2.45, 2.75) is 33.3 Å². The summed E-state index contributed by atoms with van der Waals surface area (Å²) in [7, 11) is 0. The van der Waals surface area contributed by atoms with Gasteiger partial charge >= 0.3 is 5.97 Å². The fraction of sp³-hybridized carbons (Fsp3) is 0.389. The summed E-state index contributed by atoms with van der Waals surface area (Å²) in [6.45, 7) is 4.48. The van der Waals surface area contributed by atoms with Crippen LogP contribution in [0.2, 0.25) is 0 Å². The molecule has 3 nitrogen and oxygen atoms in total. The van der Waals surface area contributed by atoms with E-state index in [1.165, 1.54) is 5.56 Å². The van der Waals surface area contributed by atoms with E-state index in [1.807, 2.05) is 24.3 Å². The van der Waals surface area contributed by atoms with Gasteiger partial charge < -0.3 is 9.15 Å². The topological polar surface area (TPSA) is 39.4 Å². The van der Waals surface area contributed by atoms with Gasteiger partial charge in [-0.25, -0.2) is 0 Å². The molecular formula is C18H20O3. The third-order valence-corrected chi connectivity index (χ3v) is 4.11. The molecule has 1 saturated carbocycles. The minimum absolute atomic E-state index is 0.0631. The van der Waals surface area contributed by atoms with E-state index in [1.54, 1.807) is 6.26 Å². The van der Waals surface area contributed by atoms with Crippen LogP contribution in [0.15, 0.2) is 47.1 Å². The van der Waals surface area contributed by atoms with Crippen molar-refractivity contribution in [2.75, 3.05) is 0 Å². The summed E-state index contributed by atoms with van der Waals surface area (Å²) < 4.78 is 10.9. The number of carbonyl (C=O) groups is 1. The number of hydrogen-bond acceptors (Lipinski definition) is 3. The Morgan fingerprint density at radius 3 is 2.67 bits per heavy atom. The Morgan fingerprint density at radius 2 is 2.00 bits per heavy atom. The molecule has 0 N–H and O–H groups in total. The quantitative estimate of drug-likeness (QED) is 0.780. The normalized spacial score (nSPS) is 19.2. The predicted octanol–water partition coefficient (Wildman–Crippen LogP) is 3.96. The van der Waals surface area contributed by atoms with Gasteiger partial charge in [-0.15, -0.1) is 0 Å². The first kappa shape index (κ1) is 13.9. The monoisotopic (exact) mass is 284 g/mol. The fourth-order valence-electron chi connectivity index (χ4n) is 2.52. The average Bonchev–Trinajstić information content (AvgIpc) is 2.90. The number of hydrogen-bond donors (Lipinski definition) is 0. The van der Waals surface area contributed by atoms with E-state index in [4.69, 9.17) is 9.15 Å². The standard InChI is InChI=1S/C18H20O3/c1-18(2)10-16(18)17(19)21-12-14-9-15(20-11-14)8-13-6-4-3-5-7-13/h3-7,9,11,16H,8,10,12H2,1-2H3. The molecule has 0 saturated heterocycles. The lowest BCUT2D eigenvalue weighted by Gasteiger charge is -2.04. The van der Waals surface area contributed by atoms with Crippen molar-refractivity contribution in [2.24, 2.45) is 11.3 Å². The lowest BCUT2D eigenvalue weighted by molar-refractivity contribution is -0.147. The Labute approximate surface area is 124 Å². The number of rotatable bonds is 5. The molecule has 0 spiro atoms. The molecule has 1 unspecified atom stereocenters.